The fourth-order valence-corrected chi connectivity index (χ4v) is 1.57. The van der Waals surface area contributed by atoms with Gasteiger partial charge in [-0.2, -0.15) is 0 Å². The molecule has 16 heavy (non-hydrogen) atoms. The molecule has 1 rings (SSSR count). The highest BCUT2D eigenvalue weighted by atomic mass is 16.5. The SMILES string of the molecule is COC(=O)C(C)(NC(C)=O)c1ccccc1. The van der Waals surface area contributed by atoms with Gasteiger partial charge in [0.1, 0.15) is 0 Å². The zero-order chi connectivity index (χ0) is 12.2. The van der Waals surface area contributed by atoms with Crippen LogP contribution in [0, 0.1) is 0 Å². The highest BCUT2D eigenvalue weighted by molar-refractivity contribution is 5.87. The van der Waals surface area contributed by atoms with Crippen LogP contribution in [0.4, 0.5) is 0 Å². The number of carbonyl (C=O) groups is 2. The average molecular weight is 221 g/mol. The van der Waals surface area contributed by atoms with Gasteiger partial charge in [0.05, 0.1) is 7.11 Å². The van der Waals surface area contributed by atoms with Gasteiger partial charge < -0.3 is 10.1 Å². The van der Waals surface area contributed by atoms with E-state index in [0.29, 0.717) is 5.56 Å². The monoisotopic (exact) mass is 221 g/mol. The summed E-state index contributed by atoms with van der Waals surface area (Å²) in [6.07, 6.45) is 0. The Bertz CT molecular complexity index is 389. The lowest BCUT2D eigenvalue weighted by Gasteiger charge is -2.27. The fourth-order valence-electron chi connectivity index (χ4n) is 1.57. The summed E-state index contributed by atoms with van der Waals surface area (Å²) < 4.78 is 4.72. The van der Waals surface area contributed by atoms with E-state index in [-0.39, 0.29) is 5.91 Å². The number of hydrogen-bond acceptors (Lipinski definition) is 3. The minimum Gasteiger partial charge on any atom is -0.467 e. The Balaban J connectivity index is 3.14. The molecule has 0 aromatic heterocycles. The van der Waals surface area contributed by atoms with Crippen LogP contribution in [0.15, 0.2) is 30.3 Å². The third-order valence-corrected chi connectivity index (χ3v) is 2.37. The summed E-state index contributed by atoms with van der Waals surface area (Å²) in [6, 6.07) is 8.99. The van der Waals surface area contributed by atoms with Crippen LogP contribution < -0.4 is 5.32 Å². The Labute approximate surface area is 94.6 Å². The molecule has 0 aliphatic carbocycles. The van der Waals surface area contributed by atoms with Gasteiger partial charge in [-0.15, -0.1) is 0 Å². The number of rotatable bonds is 3. The molecule has 4 nitrogen and oxygen atoms in total. The van der Waals surface area contributed by atoms with Crippen LogP contribution in [-0.4, -0.2) is 19.0 Å². The quantitative estimate of drug-likeness (QED) is 0.780. The first-order chi connectivity index (χ1) is 7.50. The van der Waals surface area contributed by atoms with E-state index in [1.165, 1.54) is 14.0 Å². The largest absolute Gasteiger partial charge is 0.467 e. The molecule has 86 valence electrons. The second kappa shape index (κ2) is 4.79. The molecule has 0 aliphatic heterocycles. The van der Waals surface area contributed by atoms with Crippen molar-refractivity contribution in [3.8, 4) is 0 Å². The normalized spacial score (nSPS) is 13.7. The summed E-state index contributed by atoms with van der Waals surface area (Å²) in [6.45, 7) is 2.99. The molecule has 0 spiro atoms. The molecule has 0 heterocycles. The molecular weight excluding hydrogens is 206 g/mol. The smallest absolute Gasteiger partial charge is 0.336 e. The third-order valence-electron chi connectivity index (χ3n) is 2.37. The van der Waals surface area contributed by atoms with E-state index in [0.717, 1.165) is 0 Å². The maximum atomic E-state index is 11.7. The van der Waals surface area contributed by atoms with Crippen molar-refractivity contribution >= 4 is 11.9 Å². The van der Waals surface area contributed by atoms with Crippen molar-refractivity contribution in [2.24, 2.45) is 0 Å². The molecule has 1 aromatic carbocycles. The molecule has 0 saturated carbocycles. The summed E-state index contributed by atoms with van der Waals surface area (Å²) in [5.41, 5.74) is -0.445. The Kier molecular flexibility index (Phi) is 3.66. The van der Waals surface area contributed by atoms with Crippen molar-refractivity contribution in [3.05, 3.63) is 35.9 Å². The van der Waals surface area contributed by atoms with Gasteiger partial charge in [0.2, 0.25) is 5.91 Å². The highest BCUT2D eigenvalue weighted by Gasteiger charge is 2.37. The van der Waals surface area contributed by atoms with Gasteiger partial charge in [0, 0.05) is 6.92 Å². The zero-order valence-corrected chi connectivity index (χ0v) is 9.61. The van der Waals surface area contributed by atoms with E-state index in [4.69, 9.17) is 4.74 Å². The first-order valence-electron chi connectivity index (χ1n) is 4.93. The molecule has 1 N–H and O–H groups in total. The number of esters is 1. The Morgan fingerprint density at radius 2 is 1.81 bits per heavy atom. The lowest BCUT2D eigenvalue weighted by Crippen LogP contribution is -2.49. The maximum Gasteiger partial charge on any atom is 0.336 e. The highest BCUT2D eigenvalue weighted by Crippen LogP contribution is 2.21. The molecule has 0 bridgehead atoms. The van der Waals surface area contributed by atoms with E-state index < -0.39 is 11.5 Å². The van der Waals surface area contributed by atoms with E-state index >= 15 is 0 Å². The Hall–Kier alpha value is -1.84. The van der Waals surface area contributed by atoms with Gasteiger partial charge in [-0.1, -0.05) is 30.3 Å². The average Bonchev–Trinajstić information content (AvgIpc) is 2.28. The molecule has 4 heteroatoms. The summed E-state index contributed by atoms with van der Waals surface area (Å²) in [5, 5.41) is 2.61. The lowest BCUT2D eigenvalue weighted by atomic mass is 9.92. The van der Waals surface area contributed by atoms with Crippen molar-refractivity contribution in [1.82, 2.24) is 5.32 Å². The summed E-state index contributed by atoms with van der Waals surface area (Å²) >= 11 is 0. The molecule has 0 aliphatic rings. The standard InChI is InChI=1S/C12H15NO3/c1-9(14)13-12(2,11(15)16-3)10-7-5-4-6-8-10/h4-8H,1-3H3,(H,13,14). The van der Waals surface area contributed by atoms with Crippen molar-refractivity contribution in [1.29, 1.82) is 0 Å². The minimum absolute atomic E-state index is 0.281. The van der Waals surface area contributed by atoms with Crippen LogP contribution in [0.1, 0.15) is 19.4 Å². The Morgan fingerprint density at radius 1 is 1.25 bits per heavy atom. The number of hydrogen-bond donors (Lipinski definition) is 1. The van der Waals surface area contributed by atoms with E-state index in [9.17, 15) is 9.59 Å². The predicted molar refractivity (Wildman–Crippen MR) is 59.6 cm³/mol. The van der Waals surface area contributed by atoms with Crippen molar-refractivity contribution in [2.75, 3.05) is 7.11 Å². The molecule has 0 saturated heterocycles. The van der Waals surface area contributed by atoms with Crippen LogP contribution in [0.25, 0.3) is 0 Å². The maximum absolute atomic E-state index is 11.7. The molecule has 0 radical (unpaired) electrons. The minimum atomic E-state index is -1.14. The molecule has 1 atom stereocenters. The van der Waals surface area contributed by atoms with Crippen molar-refractivity contribution in [2.45, 2.75) is 19.4 Å². The van der Waals surface area contributed by atoms with Crippen LogP contribution >= 0.6 is 0 Å². The van der Waals surface area contributed by atoms with E-state index in [1.54, 1.807) is 31.2 Å². The number of carbonyl (C=O) groups excluding carboxylic acids is 2. The first-order valence-corrected chi connectivity index (χ1v) is 4.93. The summed E-state index contributed by atoms with van der Waals surface area (Å²) in [4.78, 5) is 22.9. The third kappa shape index (κ3) is 2.39. The second-order valence-electron chi connectivity index (χ2n) is 3.66. The predicted octanol–water partition coefficient (Wildman–Crippen LogP) is 1.21. The molecule has 1 amide bonds. The van der Waals surface area contributed by atoms with Crippen LogP contribution in [-0.2, 0) is 19.9 Å². The second-order valence-corrected chi connectivity index (χ2v) is 3.66. The Morgan fingerprint density at radius 3 is 2.25 bits per heavy atom. The van der Waals surface area contributed by atoms with Crippen LogP contribution in [0.2, 0.25) is 0 Å². The van der Waals surface area contributed by atoms with Gasteiger partial charge in [-0.3, -0.25) is 4.79 Å². The molecule has 0 fully saturated rings. The number of benzene rings is 1. The van der Waals surface area contributed by atoms with Crippen molar-refractivity contribution < 1.29 is 14.3 Å². The molecule has 1 aromatic rings. The van der Waals surface area contributed by atoms with E-state index in [1.807, 2.05) is 6.07 Å². The number of ether oxygens (including phenoxy) is 1. The van der Waals surface area contributed by atoms with Crippen molar-refractivity contribution in [3.63, 3.8) is 0 Å². The van der Waals surface area contributed by atoms with Crippen LogP contribution in [0.5, 0.6) is 0 Å². The fraction of sp³-hybridized carbons (Fsp3) is 0.333. The van der Waals surface area contributed by atoms with Gasteiger partial charge in [0.15, 0.2) is 5.54 Å². The lowest BCUT2D eigenvalue weighted by molar-refractivity contribution is -0.150. The van der Waals surface area contributed by atoms with Gasteiger partial charge in [0.25, 0.3) is 0 Å². The number of methoxy groups -OCH3 is 1. The summed E-state index contributed by atoms with van der Waals surface area (Å²) in [7, 11) is 1.30. The number of amides is 1. The van der Waals surface area contributed by atoms with Crippen LogP contribution in [0.3, 0.4) is 0 Å². The molecular formula is C12H15NO3. The first kappa shape index (κ1) is 12.2. The zero-order valence-electron chi connectivity index (χ0n) is 9.61. The molecule has 1 unspecified atom stereocenters. The van der Waals surface area contributed by atoms with Gasteiger partial charge >= 0.3 is 5.97 Å². The number of nitrogens with one attached hydrogen (secondary N) is 1. The van der Waals surface area contributed by atoms with Gasteiger partial charge in [-0.05, 0) is 12.5 Å². The topological polar surface area (TPSA) is 55.4 Å². The summed E-state index contributed by atoms with van der Waals surface area (Å²) in [5.74, 6) is -0.773. The van der Waals surface area contributed by atoms with Gasteiger partial charge in [-0.25, -0.2) is 4.79 Å². The van der Waals surface area contributed by atoms with E-state index in [2.05, 4.69) is 5.32 Å².